The number of hydrogen-bond acceptors (Lipinski definition) is 3. The van der Waals surface area contributed by atoms with E-state index < -0.39 is 5.72 Å². The van der Waals surface area contributed by atoms with Gasteiger partial charge in [0, 0.05) is 24.1 Å². The van der Waals surface area contributed by atoms with Crippen LogP contribution in [0.5, 0.6) is 0 Å². The van der Waals surface area contributed by atoms with Crippen LogP contribution in [0.3, 0.4) is 0 Å². The number of aliphatic hydroxyl groups is 1. The van der Waals surface area contributed by atoms with Gasteiger partial charge in [-0.2, -0.15) is 0 Å². The molecule has 2 heterocycles. The van der Waals surface area contributed by atoms with Crippen LogP contribution in [0, 0.1) is 0 Å². The Morgan fingerprint density at radius 1 is 1.00 bits per heavy atom. The molecule has 0 saturated heterocycles. The van der Waals surface area contributed by atoms with Crippen molar-refractivity contribution in [3.8, 4) is 0 Å². The van der Waals surface area contributed by atoms with Gasteiger partial charge in [0.2, 0.25) is 0 Å². The van der Waals surface area contributed by atoms with Gasteiger partial charge in [-0.05, 0) is 5.56 Å². The Labute approximate surface area is 118 Å². The molecule has 3 nitrogen and oxygen atoms in total. The third-order valence-electron chi connectivity index (χ3n) is 4.22. The lowest BCUT2D eigenvalue weighted by Crippen LogP contribution is -2.53. The number of nitrogens with zero attached hydrogens (tertiary/aromatic N) is 2. The zero-order chi connectivity index (χ0) is 13.6. The maximum absolute atomic E-state index is 11.3. The van der Waals surface area contributed by atoms with Gasteiger partial charge in [0.05, 0.1) is 6.54 Å². The zero-order valence-corrected chi connectivity index (χ0v) is 11.2. The molecule has 3 heteroatoms. The summed E-state index contributed by atoms with van der Waals surface area (Å²) in [7, 11) is 0. The van der Waals surface area contributed by atoms with Crippen LogP contribution in [0.2, 0.25) is 0 Å². The minimum atomic E-state index is -0.981. The quantitative estimate of drug-likeness (QED) is 0.856. The lowest BCUT2D eigenvalue weighted by molar-refractivity contribution is -0.0745. The van der Waals surface area contributed by atoms with E-state index in [0.717, 1.165) is 35.6 Å². The van der Waals surface area contributed by atoms with Crippen molar-refractivity contribution in [1.29, 1.82) is 0 Å². The Kier molecular flexibility index (Phi) is 2.44. The van der Waals surface area contributed by atoms with Crippen LogP contribution in [0.15, 0.2) is 59.6 Å². The van der Waals surface area contributed by atoms with Crippen molar-refractivity contribution >= 4 is 5.84 Å². The maximum atomic E-state index is 11.3. The smallest absolute Gasteiger partial charge is 0.169 e. The summed E-state index contributed by atoms with van der Waals surface area (Å²) in [5.41, 5.74) is 2.27. The largest absolute Gasteiger partial charge is 0.366 e. The summed E-state index contributed by atoms with van der Waals surface area (Å²) in [6, 6.07) is 18.1. The molecule has 4 rings (SSSR count). The highest BCUT2D eigenvalue weighted by atomic mass is 16.3. The molecule has 2 aromatic rings. The van der Waals surface area contributed by atoms with Gasteiger partial charge in [-0.25, -0.2) is 0 Å². The van der Waals surface area contributed by atoms with Crippen LogP contribution in [-0.2, 0) is 12.1 Å². The van der Waals surface area contributed by atoms with E-state index >= 15 is 0 Å². The maximum Gasteiger partial charge on any atom is 0.169 e. The average molecular weight is 264 g/mol. The summed E-state index contributed by atoms with van der Waals surface area (Å²) < 4.78 is 0. The van der Waals surface area contributed by atoms with Gasteiger partial charge in [-0.3, -0.25) is 4.99 Å². The number of fused-ring (bicyclic) bond motifs is 3. The van der Waals surface area contributed by atoms with Crippen LogP contribution >= 0.6 is 0 Å². The lowest BCUT2D eigenvalue weighted by Gasteiger charge is -2.43. The Bertz CT molecular complexity index is 680. The first-order valence-corrected chi connectivity index (χ1v) is 6.97. The highest BCUT2D eigenvalue weighted by molar-refractivity contribution is 6.02. The van der Waals surface area contributed by atoms with E-state index in [-0.39, 0.29) is 0 Å². The summed E-state index contributed by atoms with van der Waals surface area (Å²) in [5, 5.41) is 11.3. The molecule has 0 spiro atoms. The van der Waals surface area contributed by atoms with Crippen molar-refractivity contribution < 1.29 is 5.11 Å². The van der Waals surface area contributed by atoms with E-state index in [0.29, 0.717) is 6.42 Å². The first kappa shape index (κ1) is 11.7. The molecule has 20 heavy (non-hydrogen) atoms. The van der Waals surface area contributed by atoms with Crippen molar-refractivity contribution in [2.75, 3.05) is 13.1 Å². The van der Waals surface area contributed by atoms with E-state index in [9.17, 15) is 5.11 Å². The van der Waals surface area contributed by atoms with Gasteiger partial charge in [0.25, 0.3) is 0 Å². The lowest BCUT2D eigenvalue weighted by atomic mass is 9.86. The molecule has 2 aromatic carbocycles. The second-order valence-electron chi connectivity index (χ2n) is 5.37. The molecule has 1 atom stereocenters. The van der Waals surface area contributed by atoms with Crippen molar-refractivity contribution in [3.63, 3.8) is 0 Å². The predicted molar refractivity (Wildman–Crippen MR) is 78.6 cm³/mol. The number of aliphatic imine (C=N–C) groups is 1. The van der Waals surface area contributed by atoms with Crippen molar-refractivity contribution in [1.82, 2.24) is 4.90 Å². The molecule has 0 saturated carbocycles. The van der Waals surface area contributed by atoms with Gasteiger partial charge in [-0.15, -0.1) is 0 Å². The third kappa shape index (κ3) is 1.53. The molecule has 0 amide bonds. The molecule has 2 aliphatic heterocycles. The van der Waals surface area contributed by atoms with Crippen molar-refractivity contribution in [2.45, 2.75) is 12.1 Å². The van der Waals surface area contributed by atoms with E-state index in [2.05, 4.69) is 17.1 Å². The molecule has 1 unspecified atom stereocenters. The molecule has 2 aliphatic rings. The monoisotopic (exact) mass is 264 g/mol. The average Bonchev–Trinajstić information content (AvgIpc) is 2.99. The highest BCUT2D eigenvalue weighted by Gasteiger charge is 2.44. The number of hydrogen-bond donors (Lipinski definition) is 1. The van der Waals surface area contributed by atoms with E-state index in [1.807, 2.05) is 47.4 Å². The summed E-state index contributed by atoms with van der Waals surface area (Å²) in [5.74, 6) is 0.929. The van der Waals surface area contributed by atoms with Gasteiger partial charge in [0.15, 0.2) is 5.72 Å². The van der Waals surface area contributed by atoms with Crippen molar-refractivity contribution in [3.05, 3.63) is 71.3 Å². The summed E-state index contributed by atoms with van der Waals surface area (Å²) >= 11 is 0. The fourth-order valence-corrected chi connectivity index (χ4v) is 3.25. The summed E-state index contributed by atoms with van der Waals surface area (Å²) in [6.45, 7) is 1.52. The van der Waals surface area contributed by atoms with E-state index in [1.54, 1.807) is 0 Å². The Morgan fingerprint density at radius 2 is 1.75 bits per heavy atom. The SMILES string of the molecule is OC1(c2ccccc2)Cc2ccccc2C2=NCCN21. The molecule has 0 aromatic heterocycles. The van der Waals surface area contributed by atoms with E-state index in [1.165, 1.54) is 0 Å². The first-order chi connectivity index (χ1) is 9.79. The molecule has 0 aliphatic carbocycles. The summed E-state index contributed by atoms with van der Waals surface area (Å²) in [4.78, 5) is 6.65. The minimum absolute atomic E-state index is 0.603. The van der Waals surface area contributed by atoms with Crippen molar-refractivity contribution in [2.24, 2.45) is 4.99 Å². The Balaban J connectivity index is 1.90. The van der Waals surface area contributed by atoms with Gasteiger partial charge in [-0.1, -0.05) is 54.6 Å². The molecule has 0 bridgehead atoms. The fourth-order valence-electron chi connectivity index (χ4n) is 3.25. The molecular weight excluding hydrogens is 248 g/mol. The van der Waals surface area contributed by atoms with Crippen LogP contribution in [-0.4, -0.2) is 28.9 Å². The van der Waals surface area contributed by atoms with Crippen LogP contribution in [0.1, 0.15) is 16.7 Å². The zero-order valence-electron chi connectivity index (χ0n) is 11.2. The second kappa shape index (κ2) is 4.18. The van der Waals surface area contributed by atoms with Gasteiger partial charge >= 0.3 is 0 Å². The normalized spacial score (nSPS) is 24.1. The summed E-state index contributed by atoms with van der Waals surface area (Å²) in [6.07, 6.45) is 0.603. The van der Waals surface area contributed by atoms with Gasteiger partial charge in [0.1, 0.15) is 5.84 Å². The highest BCUT2D eigenvalue weighted by Crippen LogP contribution is 2.38. The molecule has 0 fully saturated rings. The standard InChI is InChI=1S/C17H16N2O/c20-17(14-7-2-1-3-8-14)12-13-6-4-5-9-15(13)16-18-10-11-19(16)17/h1-9,20H,10-12H2. The topological polar surface area (TPSA) is 35.8 Å². The fraction of sp³-hybridized carbons (Fsp3) is 0.235. The Hall–Kier alpha value is -2.13. The second-order valence-corrected chi connectivity index (χ2v) is 5.37. The number of rotatable bonds is 1. The van der Waals surface area contributed by atoms with Crippen LogP contribution in [0.25, 0.3) is 0 Å². The molecule has 100 valence electrons. The number of benzene rings is 2. The molecule has 0 radical (unpaired) electrons. The predicted octanol–water partition coefficient (Wildman–Crippen LogP) is 2.15. The third-order valence-corrected chi connectivity index (χ3v) is 4.22. The van der Waals surface area contributed by atoms with Gasteiger partial charge < -0.3 is 10.0 Å². The van der Waals surface area contributed by atoms with E-state index in [4.69, 9.17) is 0 Å². The van der Waals surface area contributed by atoms with Crippen LogP contribution < -0.4 is 0 Å². The Morgan fingerprint density at radius 3 is 2.60 bits per heavy atom. The number of amidine groups is 1. The molecular formula is C17H16N2O. The molecule has 1 N–H and O–H groups in total. The first-order valence-electron chi connectivity index (χ1n) is 6.97. The minimum Gasteiger partial charge on any atom is -0.366 e. The van der Waals surface area contributed by atoms with Crippen LogP contribution in [0.4, 0.5) is 0 Å².